The molecule has 1 aromatic carbocycles. The lowest BCUT2D eigenvalue weighted by Gasteiger charge is -2.37. The van der Waals surface area contributed by atoms with E-state index in [9.17, 15) is 4.79 Å². The van der Waals surface area contributed by atoms with E-state index < -0.39 is 5.54 Å². The number of ether oxygens (including phenoxy) is 2. The molecule has 1 fully saturated rings. The molecule has 3 aliphatic rings. The van der Waals surface area contributed by atoms with Crippen LogP contribution in [0.2, 0.25) is 0 Å². The van der Waals surface area contributed by atoms with E-state index in [1.165, 1.54) is 12.7 Å². The van der Waals surface area contributed by atoms with Crippen molar-refractivity contribution in [2.45, 2.75) is 37.5 Å². The van der Waals surface area contributed by atoms with Crippen LogP contribution in [0.15, 0.2) is 35.9 Å². The number of carbonyl (C=O) groups excluding carboxylic acids is 1. The van der Waals surface area contributed by atoms with E-state index in [0.29, 0.717) is 0 Å². The minimum Gasteiger partial charge on any atom is -0.486 e. The van der Waals surface area contributed by atoms with E-state index in [0.717, 1.165) is 30.7 Å². The summed E-state index contributed by atoms with van der Waals surface area (Å²) in [4.78, 5) is 14.7. The summed E-state index contributed by atoms with van der Waals surface area (Å²) in [5.74, 6) is 0.784. The summed E-state index contributed by atoms with van der Waals surface area (Å²) in [6.45, 7) is 2.97. The summed E-state index contributed by atoms with van der Waals surface area (Å²) in [5.41, 5.74) is 1.76. The summed E-state index contributed by atoms with van der Waals surface area (Å²) in [6, 6.07) is 8.28. The van der Waals surface area contributed by atoms with Gasteiger partial charge in [0.2, 0.25) is 0 Å². The number of para-hydroxylation sites is 1. The van der Waals surface area contributed by atoms with E-state index in [2.05, 4.69) is 24.0 Å². The smallest absolute Gasteiger partial charge is 0.330 e. The maximum absolute atomic E-state index is 12.4. The largest absolute Gasteiger partial charge is 0.486 e. The first-order valence-electron chi connectivity index (χ1n) is 7.51. The molecule has 0 N–H and O–H groups in total. The summed E-state index contributed by atoms with van der Waals surface area (Å²) < 4.78 is 11.1. The van der Waals surface area contributed by atoms with Crippen molar-refractivity contribution in [1.82, 2.24) is 4.90 Å². The first kappa shape index (κ1) is 12.9. The number of hydrogen-bond acceptors (Lipinski definition) is 4. The first-order chi connectivity index (χ1) is 10.2. The SMILES string of the molecule is COC(=O)[C@]12C=C3[C@H](C)Oc4ccccc4[C@H]3N1CCC2. The molecule has 3 atom stereocenters. The van der Waals surface area contributed by atoms with Gasteiger partial charge in [-0.2, -0.15) is 0 Å². The van der Waals surface area contributed by atoms with Crippen LogP contribution < -0.4 is 4.74 Å². The predicted octanol–water partition coefficient (Wildman–Crippen LogP) is 2.46. The third-order valence-electron chi connectivity index (χ3n) is 5.03. The molecular weight excluding hydrogens is 266 g/mol. The lowest BCUT2D eigenvalue weighted by Crippen LogP contribution is -2.47. The molecule has 0 radical (unpaired) electrons. The Balaban J connectivity index is 1.88. The summed E-state index contributed by atoms with van der Waals surface area (Å²) in [7, 11) is 1.47. The van der Waals surface area contributed by atoms with Crippen molar-refractivity contribution in [3.63, 3.8) is 0 Å². The number of hydrogen-bond donors (Lipinski definition) is 0. The Morgan fingerprint density at radius 2 is 2.24 bits per heavy atom. The number of nitrogens with zero attached hydrogens (tertiary/aromatic N) is 1. The van der Waals surface area contributed by atoms with Crippen LogP contribution in [-0.4, -0.2) is 36.2 Å². The average molecular weight is 285 g/mol. The molecule has 1 saturated heterocycles. The van der Waals surface area contributed by atoms with Gasteiger partial charge >= 0.3 is 5.97 Å². The molecule has 0 saturated carbocycles. The number of benzene rings is 1. The molecule has 4 rings (SSSR count). The minimum atomic E-state index is -0.593. The molecule has 0 unspecified atom stereocenters. The van der Waals surface area contributed by atoms with Gasteiger partial charge in [0.25, 0.3) is 0 Å². The Morgan fingerprint density at radius 3 is 3.05 bits per heavy atom. The summed E-state index contributed by atoms with van der Waals surface area (Å²) in [5, 5.41) is 0. The highest BCUT2D eigenvalue weighted by Crippen LogP contribution is 2.53. The Morgan fingerprint density at radius 1 is 1.43 bits per heavy atom. The normalized spacial score (nSPS) is 33.5. The van der Waals surface area contributed by atoms with Gasteiger partial charge in [-0.05, 0) is 37.5 Å². The van der Waals surface area contributed by atoms with E-state index in [4.69, 9.17) is 9.47 Å². The Bertz CT molecular complexity index is 639. The molecule has 4 nitrogen and oxygen atoms in total. The van der Waals surface area contributed by atoms with Crippen LogP contribution in [0.3, 0.4) is 0 Å². The van der Waals surface area contributed by atoms with Crippen LogP contribution >= 0.6 is 0 Å². The molecule has 1 aromatic rings. The van der Waals surface area contributed by atoms with Gasteiger partial charge in [0.1, 0.15) is 17.4 Å². The van der Waals surface area contributed by atoms with Gasteiger partial charge in [-0.3, -0.25) is 4.90 Å². The molecular formula is C17H19NO3. The number of esters is 1. The standard InChI is InChI=1S/C17H19NO3/c1-11-13-10-17(16(19)20-2)8-5-9-18(17)15(13)12-6-3-4-7-14(12)21-11/h3-4,6-7,10-11,15H,5,8-9H2,1-2H3/t11-,15+,17-/m0/s1. The summed E-state index contributed by atoms with van der Waals surface area (Å²) in [6.07, 6.45) is 3.95. The van der Waals surface area contributed by atoms with Crippen molar-refractivity contribution in [2.75, 3.05) is 13.7 Å². The molecule has 3 aliphatic heterocycles. The number of carbonyl (C=O) groups is 1. The maximum Gasteiger partial charge on any atom is 0.330 e. The lowest BCUT2D eigenvalue weighted by atomic mass is 9.91. The van der Waals surface area contributed by atoms with Crippen LogP contribution in [-0.2, 0) is 9.53 Å². The van der Waals surface area contributed by atoms with Gasteiger partial charge in [-0.25, -0.2) is 4.79 Å². The van der Waals surface area contributed by atoms with Crippen molar-refractivity contribution in [3.8, 4) is 5.75 Å². The van der Waals surface area contributed by atoms with Crippen molar-refractivity contribution >= 4 is 5.97 Å². The zero-order valence-electron chi connectivity index (χ0n) is 12.3. The van der Waals surface area contributed by atoms with Crippen LogP contribution in [0, 0.1) is 0 Å². The highest BCUT2D eigenvalue weighted by Gasteiger charge is 2.57. The second-order valence-corrected chi connectivity index (χ2v) is 6.06. The van der Waals surface area contributed by atoms with Crippen LogP contribution in [0.5, 0.6) is 5.75 Å². The van der Waals surface area contributed by atoms with Crippen molar-refractivity contribution in [1.29, 1.82) is 0 Å². The predicted molar refractivity (Wildman–Crippen MR) is 78.0 cm³/mol. The molecule has 3 heterocycles. The summed E-state index contributed by atoms with van der Waals surface area (Å²) >= 11 is 0. The molecule has 110 valence electrons. The molecule has 0 bridgehead atoms. The Labute approximate surface area is 124 Å². The van der Waals surface area contributed by atoms with Crippen LogP contribution in [0.25, 0.3) is 0 Å². The fourth-order valence-corrected chi connectivity index (χ4v) is 4.13. The van der Waals surface area contributed by atoms with Gasteiger partial charge in [-0.1, -0.05) is 18.2 Å². The molecule has 4 heteroatoms. The topological polar surface area (TPSA) is 38.8 Å². The number of rotatable bonds is 1. The molecule has 0 aliphatic carbocycles. The van der Waals surface area contributed by atoms with Gasteiger partial charge < -0.3 is 9.47 Å². The van der Waals surface area contributed by atoms with E-state index in [1.807, 2.05) is 18.2 Å². The van der Waals surface area contributed by atoms with E-state index in [1.54, 1.807) is 0 Å². The average Bonchev–Trinajstić information content (AvgIpc) is 3.04. The number of fused-ring (bicyclic) bond motifs is 5. The third kappa shape index (κ3) is 1.57. The van der Waals surface area contributed by atoms with Gasteiger partial charge in [0, 0.05) is 12.1 Å². The fourth-order valence-electron chi connectivity index (χ4n) is 4.13. The van der Waals surface area contributed by atoms with Gasteiger partial charge in [0.05, 0.1) is 13.2 Å². The quantitative estimate of drug-likeness (QED) is 0.587. The zero-order valence-corrected chi connectivity index (χ0v) is 12.3. The second kappa shape index (κ2) is 4.34. The minimum absolute atomic E-state index is 0.00275. The number of methoxy groups -OCH3 is 1. The zero-order chi connectivity index (χ0) is 14.6. The van der Waals surface area contributed by atoms with Crippen molar-refractivity contribution in [2.24, 2.45) is 0 Å². The molecule has 0 amide bonds. The maximum atomic E-state index is 12.4. The van der Waals surface area contributed by atoms with Gasteiger partial charge in [-0.15, -0.1) is 0 Å². The van der Waals surface area contributed by atoms with Crippen LogP contribution in [0.1, 0.15) is 31.4 Å². The fraction of sp³-hybridized carbons (Fsp3) is 0.471. The van der Waals surface area contributed by atoms with Crippen molar-refractivity contribution in [3.05, 3.63) is 41.5 Å². The second-order valence-electron chi connectivity index (χ2n) is 6.06. The van der Waals surface area contributed by atoms with Gasteiger partial charge in [0.15, 0.2) is 0 Å². The monoisotopic (exact) mass is 285 g/mol. The van der Waals surface area contributed by atoms with E-state index in [-0.39, 0.29) is 18.1 Å². The Hall–Kier alpha value is -1.81. The molecule has 0 aromatic heterocycles. The lowest BCUT2D eigenvalue weighted by molar-refractivity contribution is -0.150. The molecule has 0 spiro atoms. The van der Waals surface area contributed by atoms with E-state index >= 15 is 0 Å². The highest BCUT2D eigenvalue weighted by atomic mass is 16.5. The Kier molecular flexibility index (Phi) is 2.67. The molecule has 21 heavy (non-hydrogen) atoms. The first-order valence-corrected chi connectivity index (χ1v) is 7.51. The highest BCUT2D eigenvalue weighted by molar-refractivity contribution is 5.85. The third-order valence-corrected chi connectivity index (χ3v) is 5.03. The van der Waals surface area contributed by atoms with Crippen LogP contribution in [0.4, 0.5) is 0 Å². The van der Waals surface area contributed by atoms with Crippen molar-refractivity contribution < 1.29 is 14.3 Å².